The van der Waals surface area contributed by atoms with E-state index in [0.29, 0.717) is 23.3 Å². The lowest BCUT2D eigenvalue weighted by Crippen LogP contribution is -2.32. The van der Waals surface area contributed by atoms with Crippen molar-refractivity contribution in [3.8, 4) is 17.2 Å². The number of carbonyl (C=O) groups excluding carboxylic acids is 1. The number of aromatic hydroxyl groups is 1. The second-order valence-corrected chi connectivity index (χ2v) is 8.83. The Bertz CT molecular complexity index is 1040. The number of fused-ring (bicyclic) bond motifs is 2. The summed E-state index contributed by atoms with van der Waals surface area (Å²) in [6, 6.07) is 9.22. The fourth-order valence-corrected chi connectivity index (χ4v) is 3.69. The van der Waals surface area contributed by atoms with Crippen LogP contribution in [0.15, 0.2) is 42.5 Å². The second kappa shape index (κ2) is 6.80. The molecule has 29 heavy (non-hydrogen) atoms. The molecule has 4 heteroatoms. The zero-order valence-corrected chi connectivity index (χ0v) is 17.3. The number of ether oxygens (including phenoxy) is 2. The van der Waals surface area contributed by atoms with Crippen LogP contribution >= 0.6 is 0 Å². The molecular weight excluding hydrogens is 364 g/mol. The monoisotopic (exact) mass is 390 g/mol. The smallest absolute Gasteiger partial charge is 0.189 e. The first-order valence-electron chi connectivity index (χ1n) is 9.92. The topological polar surface area (TPSA) is 55.8 Å². The standard InChI is InChI=1S/C25H26O4/c1-24(2)13-11-17-15-16(6-9-21(17)28-24)5-8-20(26)18-7-10-22-19(23(18)27)12-14-25(3,4)29-22/h5-11,13,15,27H,12,14H2,1-4H3/b8-5+. The molecule has 4 nitrogen and oxygen atoms in total. The summed E-state index contributed by atoms with van der Waals surface area (Å²) in [5.41, 5.74) is 2.31. The van der Waals surface area contributed by atoms with Crippen molar-refractivity contribution in [1.29, 1.82) is 0 Å². The minimum atomic E-state index is -0.316. The van der Waals surface area contributed by atoms with E-state index in [-0.39, 0.29) is 22.7 Å². The van der Waals surface area contributed by atoms with Gasteiger partial charge >= 0.3 is 0 Å². The highest BCUT2D eigenvalue weighted by Gasteiger charge is 2.29. The number of hydrogen-bond acceptors (Lipinski definition) is 4. The first-order valence-corrected chi connectivity index (χ1v) is 9.92. The molecule has 4 rings (SSSR count). The first-order chi connectivity index (χ1) is 13.6. The molecule has 0 saturated heterocycles. The van der Waals surface area contributed by atoms with Gasteiger partial charge in [0.2, 0.25) is 0 Å². The Morgan fingerprint density at radius 1 is 1.07 bits per heavy atom. The van der Waals surface area contributed by atoms with Crippen LogP contribution in [0.25, 0.3) is 12.2 Å². The predicted molar refractivity (Wildman–Crippen MR) is 115 cm³/mol. The minimum absolute atomic E-state index is 0.0247. The van der Waals surface area contributed by atoms with E-state index in [2.05, 4.69) is 0 Å². The van der Waals surface area contributed by atoms with Crippen molar-refractivity contribution >= 4 is 17.9 Å². The Morgan fingerprint density at radius 2 is 1.83 bits per heavy atom. The molecule has 0 spiro atoms. The van der Waals surface area contributed by atoms with E-state index >= 15 is 0 Å². The SMILES string of the molecule is CC1(C)C=Cc2cc(/C=C/C(=O)c3ccc4c(c3O)CCC(C)(C)O4)ccc2O1. The van der Waals surface area contributed by atoms with Crippen molar-refractivity contribution in [2.24, 2.45) is 0 Å². The molecule has 2 aromatic rings. The minimum Gasteiger partial charge on any atom is -0.507 e. The van der Waals surface area contributed by atoms with E-state index < -0.39 is 0 Å². The third-order valence-corrected chi connectivity index (χ3v) is 5.37. The number of hydrogen-bond donors (Lipinski definition) is 1. The van der Waals surface area contributed by atoms with E-state index in [0.717, 1.165) is 23.3 Å². The van der Waals surface area contributed by atoms with Gasteiger partial charge in [-0.2, -0.15) is 0 Å². The molecule has 0 atom stereocenters. The van der Waals surface area contributed by atoms with Crippen LogP contribution in [0.2, 0.25) is 0 Å². The lowest BCUT2D eigenvalue weighted by Gasteiger charge is -2.33. The molecule has 0 aliphatic carbocycles. The average molecular weight is 390 g/mol. The van der Waals surface area contributed by atoms with Gasteiger partial charge < -0.3 is 14.6 Å². The molecule has 2 heterocycles. The molecule has 2 aliphatic rings. The van der Waals surface area contributed by atoms with E-state index in [1.54, 1.807) is 18.2 Å². The molecule has 2 aromatic carbocycles. The molecule has 0 radical (unpaired) electrons. The molecule has 2 aliphatic heterocycles. The summed E-state index contributed by atoms with van der Waals surface area (Å²) in [5.74, 6) is 1.28. The number of rotatable bonds is 3. The quantitative estimate of drug-likeness (QED) is 0.549. The summed E-state index contributed by atoms with van der Waals surface area (Å²) < 4.78 is 11.9. The Labute approximate surface area is 171 Å². The van der Waals surface area contributed by atoms with Gasteiger partial charge in [-0.05, 0) is 82.5 Å². The predicted octanol–water partition coefficient (Wildman–Crippen LogP) is 5.58. The highest BCUT2D eigenvalue weighted by molar-refractivity contribution is 6.09. The Balaban J connectivity index is 1.55. The lowest BCUT2D eigenvalue weighted by atomic mass is 9.91. The van der Waals surface area contributed by atoms with Gasteiger partial charge in [-0.15, -0.1) is 0 Å². The number of benzene rings is 2. The summed E-state index contributed by atoms with van der Waals surface area (Å²) in [6.45, 7) is 8.06. The molecule has 0 amide bonds. The van der Waals surface area contributed by atoms with Gasteiger partial charge in [-0.1, -0.05) is 18.2 Å². The van der Waals surface area contributed by atoms with Crippen LogP contribution < -0.4 is 9.47 Å². The third-order valence-electron chi connectivity index (χ3n) is 5.37. The van der Waals surface area contributed by atoms with Crippen molar-refractivity contribution in [3.63, 3.8) is 0 Å². The second-order valence-electron chi connectivity index (χ2n) is 8.83. The van der Waals surface area contributed by atoms with Crippen LogP contribution in [-0.2, 0) is 6.42 Å². The van der Waals surface area contributed by atoms with Crippen LogP contribution in [0, 0.1) is 0 Å². The van der Waals surface area contributed by atoms with Crippen molar-refractivity contribution in [2.75, 3.05) is 0 Å². The number of carbonyl (C=O) groups is 1. The van der Waals surface area contributed by atoms with Gasteiger partial charge in [0.25, 0.3) is 0 Å². The molecule has 0 aromatic heterocycles. The third kappa shape index (κ3) is 3.93. The van der Waals surface area contributed by atoms with E-state index in [1.165, 1.54) is 6.08 Å². The summed E-state index contributed by atoms with van der Waals surface area (Å²) in [6.07, 6.45) is 8.79. The molecule has 1 N–H and O–H groups in total. The van der Waals surface area contributed by atoms with Gasteiger partial charge in [0.15, 0.2) is 5.78 Å². The molecule has 150 valence electrons. The maximum Gasteiger partial charge on any atom is 0.189 e. The summed E-state index contributed by atoms with van der Waals surface area (Å²) in [4.78, 5) is 12.7. The van der Waals surface area contributed by atoms with Crippen molar-refractivity contribution in [2.45, 2.75) is 51.7 Å². The van der Waals surface area contributed by atoms with Gasteiger partial charge in [-0.3, -0.25) is 4.79 Å². The van der Waals surface area contributed by atoms with Crippen LogP contribution in [0.5, 0.6) is 17.2 Å². The molecule has 0 fully saturated rings. The first kappa shape index (κ1) is 19.3. The van der Waals surface area contributed by atoms with Crippen LogP contribution in [0.1, 0.15) is 61.2 Å². The Kier molecular flexibility index (Phi) is 4.53. The molecule has 0 unspecified atom stereocenters. The van der Waals surface area contributed by atoms with Crippen molar-refractivity contribution in [1.82, 2.24) is 0 Å². The van der Waals surface area contributed by atoms with E-state index in [4.69, 9.17) is 9.47 Å². The molecular formula is C25H26O4. The summed E-state index contributed by atoms with van der Waals surface area (Å²) >= 11 is 0. The van der Waals surface area contributed by atoms with Crippen LogP contribution in [-0.4, -0.2) is 22.1 Å². The largest absolute Gasteiger partial charge is 0.507 e. The van der Waals surface area contributed by atoms with Gasteiger partial charge in [0.05, 0.1) is 5.56 Å². The molecule has 0 bridgehead atoms. The number of phenolic OH excluding ortho intramolecular Hbond substituents is 1. The maximum absolute atomic E-state index is 12.7. The van der Waals surface area contributed by atoms with Gasteiger partial charge in [0, 0.05) is 11.1 Å². The number of allylic oxidation sites excluding steroid dienone is 1. The van der Waals surface area contributed by atoms with Gasteiger partial charge in [-0.25, -0.2) is 0 Å². The van der Waals surface area contributed by atoms with Crippen molar-refractivity contribution < 1.29 is 19.4 Å². The van der Waals surface area contributed by atoms with Crippen LogP contribution in [0.3, 0.4) is 0 Å². The lowest BCUT2D eigenvalue weighted by molar-refractivity contribution is 0.0836. The number of ketones is 1. The number of phenols is 1. The maximum atomic E-state index is 12.7. The normalized spacial score (nSPS) is 18.5. The highest BCUT2D eigenvalue weighted by atomic mass is 16.5. The average Bonchev–Trinajstić information content (AvgIpc) is 2.65. The van der Waals surface area contributed by atoms with Crippen LogP contribution in [0.4, 0.5) is 0 Å². The zero-order chi connectivity index (χ0) is 20.8. The van der Waals surface area contributed by atoms with Gasteiger partial charge in [0.1, 0.15) is 28.5 Å². The van der Waals surface area contributed by atoms with E-state index in [9.17, 15) is 9.90 Å². The summed E-state index contributed by atoms with van der Waals surface area (Å²) in [7, 11) is 0. The van der Waals surface area contributed by atoms with E-state index in [1.807, 2.05) is 58.0 Å². The Hall–Kier alpha value is -3.01. The highest BCUT2D eigenvalue weighted by Crippen LogP contribution is 2.40. The van der Waals surface area contributed by atoms with Crippen molar-refractivity contribution in [3.05, 3.63) is 64.7 Å². The summed E-state index contributed by atoms with van der Waals surface area (Å²) in [5, 5.41) is 10.6. The molecule has 0 saturated carbocycles. The Morgan fingerprint density at radius 3 is 2.62 bits per heavy atom. The zero-order valence-electron chi connectivity index (χ0n) is 17.3. The fraction of sp³-hybridized carbons (Fsp3) is 0.320. The fourth-order valence-electron chi connectivity index (χ4n) is 3.69.